The molecule has 0 unspecified atom stereocenters. The normalized spacial score (nSPS) is 10.8. The van der Waals surface area contributed by atoms with Gasteiger partial charge in [-0.3, -0.25) is 9.78 Å². The second-order valence-electron chi connectivity index (χ2n) is 4.78. The monoisotopic (exact) mass is 288 g/mol. The molecule has 0 aliphatic heterocycles. The van der Waals surface area contributed by atoms with Crippen molar-refractivity contribution < 1.29 is 4.79 Å². The Balaban J connectivity index is 1.82. The van der Waals surface area contributed by atoms with Gasteiger partial charge in [-0.05, 0) is 42.9 Å². The third kappa shape index (κ3) is 4.44. The van der Waals surface area contributed by atoms with Gasteiger partial charge in [-0.2, -0.15) is 0 Å². The van der Waals surface area contributed by atoms with Gasteiger partial charge < -0.3 is 4.90 Å². The Morgan fingerprint density at radius 3 is 2.65 bits per heavy atom. The molecule has 0 N–H and O–H groups in total. The third-order valence-electron chi connectivity index (χ3n) is 3.06. The summed E-state index contributed by atoms with van der Waals surface area (Å²) in [5.41, 5.74) is 1.86. The highest BCUT2D eigenvalue weighted by atomic mass is 35.5. The minimum absolute atomic E-state index is 0.139. The van der Waals surface area contributed by atoms with Gasteiger partial charge in [0, 0.05) is 42.5 Å². The number of rotatable bonds is 6. The van der Waals surface area contributed by atoms with Gasteiger partial charge in [0.25, 0.3) is 0 Å². The molecule has 3 nitrogen and oxygen atoms in total. The summed E-state index contributed by atoms with van der Waals surface area (Å²) >= 11 is 5.81. The molecule has 0 atom stereocenters. The summed E-state index contributed by atoms with van der Waals surface area (Å²) in [4.78, 5) is 18.2. The van der Waals surface area contributed by atoms with Crippen LogP contribution < -0.4 is 0 Å². The van der Waals surface area contributed by atoms with E-state index in [-0.39, 0.29) is 5.78 Å². The smallest absolute Gasteiger partial charge is 0.164 e. The minimum atomic E-state index is 0.139. The molecule has 0 aliphatic carbocycles. The number of halogens is 1. The fraction of sp³-hybridized carbons (Fsp3) is 0.250. The average Bonchev–Trinajstić information content (AvgIpc) is 2.46. The van der Waals surface area contributed by atoms with E-state index in [1.54, 1.807) is 30.5 Å². The second-order valence-corrected chi connectivity index (χ2v) is 5.22. The quantitative estimate of drug-likeness (QED) is 0.764. The van der Waals surface area contributed by atoms with E-state index < -0.39 is 0 Å². The van der Waals surface area contributed by atoms with Crippen LogP contribution in [0.1, 0.15) is 22.3 Å². The Bertz CT molecular complexity index is 554. The third-order valence-corrected chi connectivity index (χ3v) is 3.31. The lowest BCUT2D eigenvalue weighted by Gasteiger charge is -2.15. The van der Waals surface area contributed by atoms with Crippen molar-refractivity contribution in [2.75, 3.05) is 13.6 Å². The molecule has 0 bridgehead atoms. The lowest BCUT2D eigenvalue weighted by molar-refractivity contribution is 0.0968. The number of hydrogen-bond donors (Lipinski definition) is 0. The zero-order chi connectivity index (χ0) is 14.4. The van der Waals surface area contributed by atoms with Crippen molar-refractivity contribution in [1.82, 2.24) is 9.88 Å². The number of hydrogen-bond acceptors (Lipinski definition) is 3. The maximum atomic E-state index is 12.0. The van der Waals surface area contributed by atoms with Crippen LogP contribution in [0.4, 0.5) is 0 Å². The maximum absolute atomic E-state index is 12.0. The molecule has 0 spiro atoms. The van der Waals surface area contributed by atoms with E-state index in [1.165, 1.54) is 0 Å². The summed E-state index contributed by atoms with van der Waals surface area (Å²) in [6.07, 6.45) is 4.10. The molecule has 4 heteroatoms. The molecule has 2 aromatic rings. The van der Waals surface area contributed by atoms with Crippen molar-refractivity contribution in [2.24, 2.45) is 0 Å². The number of benzene rings is 1. The van der Waals surface area contributed by atoms with E-state index in [2.05, 4.69) is 9.88 Å². The van der Waals surface area contributed by atoms with E-state index in [4.69, 9.17) is 11.6 Å². The number of carbonyl (C=O) groups is 1. The lowest BCUT2D eigenvalue weighted by Crippen LogP contribution is -2.21. The topological polar surface area (TPSA) is 33.2 Å². The first-order valence-corrected chi connectivity index (χ1v) is 6.89. The number of carbonyl (C=O) groups excluding carboxylic acids is 1. The number of Topliss-reactive ketones (excluding diaryl/α,β-unsaturated/α-hetero) is 1. The van der Waals surface area contributed by atoms with Crippen LogP contribution in [0.3, 0.4) is 0 Å². The zero-order valence-electron chi connectivity index (χ0n) is 11.4. The van der Waals surface area contributed by atoms with Crippen molar-refractivity contribution in [3.63, 3.8) is 0 Å². The van der Waals surface area contributed by atoms with Crippen molar-refractivity contribution >= 4 is 17.4 Å². The first-order valence-electron chi connectivity index (χ1n) is 6.51. The number of ketones is 1. The summed E-state index contributed by atoms with van der Waals surface area (Å²) in [7, 11) is 2.00. The van der Waals surface area contributed by atoms with Crippen LogP contribution in [0.5, 0.6) is 0 Å². The number of nitrogens with zero attached hydrogens (tertiary/aromatic N) is 2. The van der Waals surface area contributed by atoms with Crippen molar-refractivity contribution in [3.8, 4) is 0 Å². The standard InChI is InChI=1S/C16H17ClN2O/c1-19(12-13-3-2-9-18-11-13)10-8-16(20)14-4-6-15(17)7-5-14/h2-7,9,11H,8,10,12H2,1H3. The van der Waals surface area contributed by atoms with E-state index in [0.29, 0.717) is 17.0 Å². The number of pyridine rings is 1. The van der Waals surface area contributed by atoms with Gasteiger partial charge in [0.2, 0.25) is 0 Å². The van der Waals surface area contributed by atoms with Gasteiger partial charge in [0.15, 0.2) is 5.78 Å². The number of aromatic nitrogens is 1. The Morgan fingerprint density at radius 2 is 2.00 bits per heavy atom. The van der Waals surface area contributed by atoms with E-state index in [9.17, 15) is 4.79 Å². The SMILES string of the molecule is CN(CCC(=O)c1ccc(Cl)cc1)Cc1cccnc1. The Hall–Kier alpha value is -1.71. The molecule has 1 aromatic carbocycles. The van der Waals surface area contributed by atoms with Gasteiger partial charge in [0.1, 0.15) is 0 Å². The summed E-state index contributed by atoms with van der Waals surface area (Å²) in [6, 6.07) is 11.0. The van der Waals surface area contributed by atoms with E-state index >= 15 is 0 Å². The van der Waals surface area contributed by atoms with Crippen molar-refractivity contribution in [2.45, 2.75) is 13.0 Å². The fourth-order valence-corrected chi connectivity index (χ4v) is 2.08. The van der Waals surface area contributed by atoms with Crippen LogP contribution in [0.25, 0.3) is 0 Å². The Morgan fingerprint density at radius 1 is 1.25 bits per heavy atom. The van der Waals surface area contributed by atoms with Crippen LogP contribution in [-0.2, 0) is 6.54 Å². The molecular weight excluding hydrogens is 272 g/mol. The van der Waals surface area contributed by atoms with Gasteiger partial charge in [-0.15, -0.1) is 0 Å². The predicted molar refractivity (Wildman–Crippen MR) is 81.0 cm³/mol. The van der Waals surface area contributed by atoms with Crippen molar-refractivity contribution in [3.05, 3.63) is 64.9 Å². The first-order chi connectivity index (χ1) is 9.65. The van der Waals surface area contributed by atoms with Crippen LogP contribution in [0.2, 0.25) is 5.02 Å². The molecule has 0 saturated heterocycles. The second kappa shape index (κ2) is 7.17. The predicted octanol–water partition coefficient (Wildman–Crippen LogP) is 3.44. The lowest BCUT2D eigenvalue weighted by atomic mass is 10.1. The van der Waals surface area contributed by atoms with Gasteiger partial charge in [0.05, 0.1) is 0 Å². The van der Waals surface area contributed by atoms with Gasteiger partial charge in [-0.25, -0.2) is 0 Å². The van der Waals surface area contributed by atoms with Crippen LogP contribution in [0, 0.1) is 0 Å². The molecular formula is C16H17ClN2O. The highest BCUT2D eigenvalue weighted by Crippen LogP contribution is 2.11. The molecule has 0 aliphatic rings. The molecule has 0 saturated carbocycles. The first kappa shape index (κ1) is 14.7. The van der Waals surface area contributed by atoms with Gasteiger partial charge >= 0.3 is 0 Å². The average molecular weight is 289 g/mol. The highest BCUT2D eigenvalue weighted by molar-refractivity contribution is 6.30. The van der Waals surface area contributed by atoms with E-state index in [0.717, 1.165) is 18.7 Å². The molecule has 0 amide bonds. The molecule has 0 radical (unpaired) electrons. The maximum Gasteiger partial charge on any atom is 0.164 e. The molecule has 2 rings (SSSR count). The fourth-order valence-electron chi connectivity index (χ4n) is 1.95. The zero-order valence-corrected chi connectivity index (χ0v) is 12.2. The Labute approximate surface area is 124 Å². The molecule has 20 heavy (non-hydrogen) atoms. The molecule has 1 aromatic heterocycles. The summed E-state index contributed by atoms with van der Waals surface area (Å²) in [5, 5.41) is 0.648. The minimum Gasteiger partial charge on any atom is -0.302 e. The van der Waals surface area contributed by atoms with Crippen molar-refractivity contribution in [1.29, 1.82) is 0 Å². The summed E-state index contributed by atoms with van der Waals surface area (Å²) in [5.74, 6) is 0.139. The van der Waals surface area contributed by atoms with Crippen LogP contribution in [-0.4, -0.2) is 29.3 Å². The largest absolute Gasteiger partial charge is 0.302 e. The Kier molecular flexibility index (Phi) is 5.27. The molecule has 0 fully saturated rings. The summed E-state index contributed by atoms with van der Waals surface area (Å²) < 4.78 is 0. The van der Waals surface area contributed by atoms with Gasteiger partial charge in [-0.1, -0.05) is 17.7 Å². The molecule has 104 valence electrons. The molecule has 1 heterocycles. The highest BCUT2D eigenvalue weighted by Gasteiger charge is 2.08. The van der Waals surface area contributed by atoms with Crippen LogP contribution in [0.15, 0.2) is 48.8 Å². The van der Waals surface area contributed by atoms with E-state index in [1.807, 2.05) is 25.4 Å². The van der Waals surface area contributed by atoms with Crippen LogP contribution >= 0.6 is 11.6 Å². The summed E-state index contributed by atoms with van der Waals surface area (Å²) in [6.45, 7) is 1.51.